The third kappa shape index (κ3) is 2.42. The molecule has 0 aromatic carbocycles. The van der Waals surface area contributed by atoms with Crippen molar-refractivity contribution in [2.45, 2.75) is 19.9 Å². The molecule has 0 unspecified atom stereocenters. The molecular weight excluding hydrogens is 214 g/mol. The van der Waals surface area contributed by atoms with Crippen molar-refractivity contribution < 1.29 is 0 Å². The summed E-state index contributed by atoms with van der Waals surface area (Å²) in [6.07, 6.45) is 5.23. The van der Waals surface area contributed by atoms with Crippen LogP contribution in [0.5, 0.6) is 0 Å². The van der Waals surface area contributed by atoms with Gasteiger partial charge in [0.15, 0.2) is 5.69 Å². The van der Waals surface area contributed by atoms with Gasteiger partial charge in [-0.05, 0) is 26.0 Å². The molecule has 0 aliphatic rings. The third-order valence-corrected chi connectivity index (χ3v) is 2.32. The van der Waals surface area contributed by atoms with Gasteiger partial charge in [0.25, 0.3) is 0 Å². The summed E-state index contributed by atoms with van der Waals surface area (Å²) in [5.41, 5.74) is 1.92. The first-order valence-corrected chi connectivity index (χ1v) is 5.37. The molecule has 0 fully saturated rings. The van der Waals surface area contributed by atoms with E-state index in [2.05, 4.69) is 29.2 Å². The third-order valence-electron chi connectivity index (χ3n) is 2.32. The van der Waals surface area contributed by atoms with E-state index in [1.54, 1.807) is 18.5 Å². The number of nitrogens with zero attached hydrogens (tertiary/aromatic N) is 4. The number of aromatic nitrogens is 3. The van der Waals surface area contributed by atoms with Crippen LogP contribution in [0, 0.1) is 11.3 Å². The van der Waals surface area contributed by atoms with Crippen molar-refractivity contribution in [1.82, 2.24) is 14.8 Å². The predicted octanol–water partition coefficient (Wildman–Crippen LogP) is 2.47. The van der Waals surface area contributed by atoms with Gasteiger partial charge in [-0.25, -0.2) is 4.98 Å². The number of anilines is 2. The second-order valence-corrected chi connectivity index (χ2v) is 3.94. The number of rotatable bonds is 3. The van der Waals surface area contributed by atoms with Crippen molar-refractivity contribution in [3.05, 3.63) is 36.4 Å². The number of nitriles is 1. The molecule has 0 saturated heterocycles. The second-order valence-electron chi connectivity index (χ2n) is 3.94. The van der Waals surface area contributed by atoms with Crippen molar-refractivity contribution >= 4 is 11.4 Å². The van der Waals surface area contributed by atoms with Crippen molar-refractivity contribution in [2.24, 2.45) is 0 Å². The SMILES string of the molecule is CC(C)n1cc(Nc2cccnc2C#N)cn1. The van der Waals surface area contributed by atoms with Gasteiger partial charge in [-0.1, -0.05) is 0 Å². The van der Waals surface area contributed by atoms with E-state index < -0.39 is 0 Å². The summed E-state index contributed by atoms with van der Waals surface area (Å²) >= 11 is 0. The lowest BCUT2D eigenvalue weighted by atomic mass is 10.3. The van der Waals surface area contributed by atoms with Crippen LogP contribution in [-0.2, 0) is 0 Å². The van der Waals surface area contributed by atoms with E-state index >= 15 is 0 Å². The van der Waals surface area contributed by atoms with Gasteiger partial charge in [-0.15, -0.1) is 0 Å². The van der Waals surface area contributed by atoms with Gasteiger partial charge in [-0.2, -0.15) is 10.4 Å². The summed E-state index contributed by atoms with van der Waals surface area (Å²) in [7, 11) is 0. The zero-order chi connectivity index (χ0) is 12.3. The van der Waals surface area contributed by atoms with Crippen LogP contribution in [0.2, 0.25) is 0 Å². The minimum absolute atomic E-state index is 0.315. The van der Waals surface area contributed by atoms with Crippen molar-refractivity contribution in [3.8, 4) is 6.07 Å². The Morgan fingerprint density at radius 2 is 2.29 bits per heavy atom. The molecule has 0 aliphatic carbocycles. The zero-order valence-electron chi connectivity index (χ0n) is 9.75. The zero-order valence-corrected chi connectivity index (χ0v) is 9.75. The molecule has 0 bridgehead atoms. The van der Waals surface area contributed by atoms with Gasteiger partial charge >= 0.3 is 0 Å². The molecular formula is C12H13N5. The topological polar surface area (TPSA) is 66.5 Å². The summed E-state index contributed by atoms with van der Waals surface area (Å²) in [5, 5.41) is 16.3. The van der Waals surface area contributed by atoms with Gasteiger partial charge in [0.2, 0.25) is 0 Å². The first-order chi connectivity index (χ1) is 8.20. The molecule has 86 valence electrons. The highest BCUT2D eigenvalue weighted by atomic mass is 15.3. The van der Waals surface area contributed by atoms with E-state index in [0.717, 1.165) is 5.69 Å². The maximum Gasteiger partial charge on any atom is 0.163 e. The van der Waals surface area contributed by atoms with Crippen LogP contribution in [0.25, 0.3) is 0 Å². The summed E-state index contributed by atoms with van der Waals surface area (Å²) < 4.78 is 1.85. The minimum Gasteiger partial charge on any atom is -0.351 e. The monoisotopic (exact) mass is 227 g/mol. The standard InChI is InChI=1S/C12H13N5/c1-9(2)17-8-10(7-15-17)16-11-4-3-5-14-12(11)6-13/h3-5,7-9,16H,1-2H3. The van der Waals surface area contributed by atoms with E-state index in [0.29, 0.717) is 17.4 Å². The van der Waals surface area contributed by atoms with Gasteiger partial charge in [0.05, 0.1) is 17.6 Å². The molecule has 0 spiro atoms. The van der Waals surface area contributed by atoms with E-state index in [9.17, 15) is 0 Å². The summed E-state index contributed by atoms with van der Waals surface area (Å²) in [4.78, 5) is 3.98. The fraction of sp³-hybridized carbons (Fsp3) is 0.250. The van der Waals surface area contributed by atoms with Gasteiger partial charge < -0.3 is 5.32 Å². The summed E-state index contributed by atoms with van der Waals surface area (Å²) in [6.45, 7) is 4.11. The highest BCUT2D eigenvalue weighted by Gasteiger charge is 2.05. The maximum absolute atomic E-state index is 8.92. The van der Waals surface area contributed by atoms with Crippen LogP contribution in [-0.4, -0.2) is 14.8 Å². The van der Waals surface area contributed by atoms with Crippen LogP contribution < -0.4 is 5.32 Å². The normalized spacial score (nSPS) is 10.2. The fourth-order valence-corrected chi connectivity index (χ4v) is 1.44. The minimum atomic E-state index is 0.315. The molecule has 5 nitrogen and oxygen atoms in total. The van der Waals surface area contributed by atoms with Crippen LogP contribution in [0.4, 0.5) is 11.4 Å². The molecule has 2 heterocycles. The molecule has 5 heteroatoms. The Balaban J connectivity index is 2.23. The van der Waals surface area contributed by atoms with Gasteiger partial charge in [0.1, 0.15) is 6.07 Å². The largest absolute Gasteiger partial charge is 0.351 e. The molecule has 0 radical (unpaired) electrons. The Morgan fingerprint density at radius 1 is 1.47 bits per heavy atom. The van der Waals surface area contributed by atoms with Crippen molar-refractivity contribution in [3.63, 3.8) is 0 Å². The Labute approximate surface area is 99.7 Å². The number of hydrogen-bond acceptors (Lipinski definition) is 4. The lowest BCUT2D eigenvalue weighted by Gasteiger charge is -2.05. The van der Waals surface area contributed by atoms with Crippen molar-refractivity contribution in [2.75, 3.05) is 5.32 Å². The molecule has 2 aromatic heterocycles. The molecule has 17 heavy (non-hydrogen) atoms. The smallest absolute Gasteiger partial charge is 0.163 e. The number of nitrogens with one attached hydrogen (secondary N) is 1. The Kier molecular flexibility index (Phi) is 3.06. The molecule has 2 aromatic rings. The lowest BCUT2D eigenvalue weighted by molar-refractivity contribution is 0.532. The quantitative estimate of drug-likeness (QED) is 0.874. The Hall–Kier alpha value is -2.35. The second kappa shape index (κ2) is 4.66. The number of pyridine rings is 1. The Bertz CT molecular complexity index is 550. The first-order valence-electron chi connectivity index (χ1n) is 5.37. The highest BCUT2D eigenvalue weighted by Crippen LogP contribution is 2.18. The molecule has 0 atom stereocenters. The van der Waals surface area contributed by atoms with Gasteiger partial charge in [-0.3, -0.25) is 4.68 Å². The fourth-order valence-electron chi connectivity index (χ4n) is 1.44. The lowest BCUT2D eigenvalue weighted by Crippen LogP contribution is -2.00. The van der Waals surface area contributed by atoms with Crippen LogP contribution >= 0.6 is 0 Å². The first kappa shape index (κ1) is 11.1. The molecule has 2 rings (SSSR count). The van der Waals surface area contributed by atoms with Crippen LogP contribution in [0.3, 0.4) is 0 Å². The van der Waals surface area contributed by atoms with Crippen LogP contribution in [0.15, 0.2) is 30.7 Å². The highest BCUT2D eigenvalue weighted by molar-refractivity contribution is 5.63. The molecule has 0 saturated carbocycles. The molecule has 0 aliphatic heterocycles. The average Bonchev–Trinajstić information content (AvgIpc) is 2.78. The van der Waals surface area contributed by atoms with E-state index in [1.165, 1.54) is 0 Å². The Morgan fingerprint density at radius 3 is 2.94 bits per heavy atom. The van der Waals surface area contributed by atoms with Gasteiger partial charge in [0, 0.05) is 18.4 Å². The summed E-state index contributed by atoms with van der Waals surface area (Å²) in [6, 6.07) is 5.96. The van der Waals surface area contributed by atoms with E-state index in [1.807, 2.05) is 23.0 Å². The van der Waals surface area contributed by atoms with E-state index in [4.69, 9.17) is 5.26 Å². The maximum atomic E-state index is 8.92. The predicted molar refractivity (Wildman–Crippen MR) is 64.8 cm³/mol. The van der Waals surface area contributed by atoms with Crippen molar-refractivity contribution in [1.29, 1.82) is 5.26 Å². The summed E-state index contributed by atoms with van der Waals surface area (Å²) in [5.74, 6) is 0. The molecule has 1 N–H and O–H groups in total. The van der Waals surface area contributed by atoms with E-state index in [-0.39, 0.29) is 0 Å². The average molecular weight is 227 g/mol. The number of hydrogen-bond donors (Lipinski definition) is 1. The molecule has 0 amide bonds. The van der Waals surface area contributed by atoms with Crippen LogP contribution in [0.1, 0.15) is 25.6 Å².